The number of para-hydroxylation sites is 1. The van der Waals surface area contributed by atoms with Crippen LogP contribution in [0.2, 0.25) is 0 Å². The van der Waals surface area contributed by atoms with E-state index in [-0.39, 0.29) is 0 Å². The average molecular weight is 345 g/mol. The Morgan fingerprint density at radius 2 is 2.24 bits per heavy atom. The van der Waals surface area contributed by atoms with Gasteiger partial charge in [0.15, 0.2) is 5.96 Å². The lowest BCUT2D eigenvalue weighted by Gasteiger charge is -2.25. The van der Waals surface area contributed by atoms with Gasteiger partial charge in [0.2, 0.25) is 0 Å². The van der Waals surface area contributed by atoms with Crippen LogP contribution in [0.15, 0.2) is 29.3 Å². The summed E-state index contributed by atoms with van der Waals surface area (Å²) in [4.78, 5) is 7.22. The number of guanidine groups is 1. The van der Waals surface area contributed by atoms with E-state index in [1.165, 1.54) is 18.4 Å². The molecular weight excluding hydrogens is 314 g/mol. The van der Waals surface area contributed by atoms with Crippen LogP contribution in [0.1, 0.15) is 31.7 Å². The summed E-state index contributed by atoms with van der Waals surface area (Å²) in [7, 11) is 0. The number of nitrogens with zero attached hydrogens (tertiary/aromatic N) is 2. The maximum absolute atomic E-state index is 5.86. The Labute approximate surface area is 151 Å². The molecule has 0 aliphatic carbocycles. The Kier molecular flexibility index (Phi) is 6.19. The molecule has 2 aliphatic heterocycles. The van der Waals surface area contributed by atoms with Gasteiger partial charge in [-0.15, -0.1) is 0 Å². The predicted molar refractivity (Wildman–Crippen MR) is 101 cm³/mol. The zero-order valence-corrected chi connectivity index (χ0v) is 15.6. The summed E-state index contributed by atoms with van der Waals surface area (Å²) >= 11 is 0. The molecule has 1 spiro atoms. The molecule has 1 aromatic rings. The molecule has 2 fully saturated rings. The van der Waals surface area contributed by atoms with Crippen LogP contribution in [0.3, 0.4) is 0 Å². The third-order valence-electron chi connectivity index (χ3n) is 5.17. The summed E-state index contributed by atoms with van der Waals surface area (Å²) < 4.78 is 11.5. The van der Waals surface area contributed by atoms with Gasteiger partial charge in [-0.25, -0.2) is 0 Å². The number of rotatable bonds is 6. The molecule has 0 bridgehead atoms. The molecule has 3 rings (SSSR count). The van der Waals surface area contributed by atoms with E-state index >= 15 is 0 Å². The Balaban J connectivity index is 1.47. The fourth-order valence-electron chi connectivity index (χ4n) is 3.66. The zero-order chi connectivity index (χ0) is 17.5. The van der Waals surface area contributed by atoms with Gasteiger partial charge in [-0.1, -0.05) is 18.2 Å². The van der Waals surface area contributed by atoms with Crippen molar-refractivity contribution in [1.29, 1.82) is 0 Å². The van der Waals surface area contributed by atoms with Crippen molar-refractivity contribution in [3.63, 3.8) is 0 Å². The standard InChI is InChI=1S/C20H31N3O2/c1-3-21-19(23-12-9-20(15-23)10-14-24-16-20)22-11-6-13-25-18-8-5-4-7-17(18)2/h4-5,7-8H,3,6,9-16H2,1-2H3,(H,21,22). The van der Waals surface area contributed by atoms with E-state index in [9.17, 15) is 0 Å². The molecule has 1 N–H and O–H groups in total. The smallest absolute Gasteiger partial charge is 0.193 e. The van der Waals surface area contributed by atoms with Crippen LogP contribution in [0.4, 0.5) is 0 Å². The van der Waals surface area contributed by atoms with Crippen molar-refractivity contribution in [2.75, 3.05) is 46.0 Å². The molecular formula is C20H31N3O2. The Morgan fingerprint density at radius 1 is 1.36 bits per heavy atom. The van der Waals surface area contributed by atoms with Crippen molar-refractivity contribution < 1.29 is 9.47 Å². The minimum atomic E-state index is 0.365. The monoisotopic (exact) mass is 345 g/mol. The van der Waals surface area contributed by atoms with Crippen molar-refractivity contribution in [3.05, 3.63) is 29.8 Å². The van der Waals surface area contributed by atoms with E-state index in [2.05, 4.69) is 30.1 Å². The zero-order valence-electron chi connectivity index (χ0n) is 15.6. The predicted octanol–water partition coefficient (Wildman–Crippen LogP) is 2.84. The fourth-order valence-corrected chi connectivity index (χ4v) is 3.66. The molecule has 2 saturated heterocycles. The van der Waals surface area contributed by atoms with Crippen molar-refractivity contribution in [2.45, 2.75) is 33.1 Å². The SMILES string of the molecule is CCNC(=NCCCOc1ccccc1C)N1CCC2(CCOC2)C1. The van der Waals surface area contributed by atoms with Crippen molar-refractivity contribution in [3.8, 4) is 5.75 Å². The largest absolute Gasteiger partial charge is 0.493 e. The molecule has 2 aliphatic rings. The molecule has 25 heavy (non-hydrogen) atoms. The number of likely N-dealkylation sites (tertiary alicyclic amines) is 1. The second-order valence-electron chi connectivity index (χ2n) is 7.18. The first-order valence-corrected chi connectivity index (χ1v) is 9.52. The fraction of sp³-hybridized carbons (Fsp3) is 0.650. The molecule has 0 radical (unpaired) electrons. The molecule has 0 aromatic heterocycles. The maximum atomic E-state index is 5.86. The lowest BCUT2D eigenvalue weighted by atomic mass is 9.87. The summed E-state index contributed by atoms with van der Waals surface area (Å²) in [6, 6.07) is 8.15. The van der Waals surface area contributed by atoms with Gasteiger partial charge >= 0.3 is 0 Å². The summed E-state index contributed by atoms with van der Waals surface area (Å²) in [5.74, 6) is 2.02. The summed E-state index contributed by atoms with van der Waals surface area (Å²) in [5.41, 5.74) is 1.55. The Bertz CT molecular complexity index is 582. The second kappa shape index (κ2) is 8.56. The summed E-state index contributed by atoms with van der Waals surface area (Å²) in [6.07, 6.45) is 3.33. The Morgan fingerprint density at radius 3 is 3.00 bits per heavy atom. The van der Waals surface area contributed by atoms with Crippen LogP contribution in [-0.4, -0.2) is 56.9 Å². The number of benzene rings is 1. The van der Waals surface area contributed by atoms with Gasteiger partial charge in [-0.2, -0.15) is 0 Å². The van der Waals surface area contributed by atoms with E-state index in [0.717, 1.165) is 57.5 Å². The highest BCUT2D eigenvalue weighted by molar-refractivity contribution is 5.80. The molecule has 1 aromatic carbocycles. The molecule has 138 valence electrons. The van der Waals surface area contributed by atoms with Crippen LogP contribution in [-0.2, 0) is 4.74 Å². The summed E-state index contributed by atoms with van der Waals surface area (Å²) in [5, 5.41) is 3.44. The molecule has 1 atom stereocenters. The van der Waals surface area contributed by atoms with Crippen molar-refractivity contribution in [2.24, 2.45) is 10.4 Å². The molecule has 0 amide bonds. The van der Waals surface area contributed by atoms with Crippen molar-refractivity contribution in [1.82, 2.24) is 10.2 Å². The van der Waals surface area contributed by atoms with Crippen molar-refractivity contribution >= 4 is 5.96 Å². The molecule has 2 heterocycles. The quantitative estimate of drug-likeness (QED) is 0.489. The molecule has 0 saturated carbocycles. The van der Waals surface area contributed by atoms with E-state index in [1.807, 2.05) is 18.2 Å². The average Bonchev–Trinajstić information content (AvgIpc) is 3.25. The normalized spacial score (nSPS) is 23.4. The first-order chi connectivity index (χ1) is 12.2. The van der Waals surface area contributed by atoms with Gasteiger partial charge in [-0.3, -0.25) is 4.99 Å². The maximum Gasteiger partial charge on any atom is 0.193 e. The molecule has 5 nitrogen and oxygen atoms in total. The third kappa shape index (κ3) is 4.66. The summed E-state index contributed by atoms with van der Waals surface area (Å²) in [6.45, 7) is 10.6. The van der Waals surface area contributed by atoms with E-state index in [4.69, 9.17) is 14.5 Å². The number of aliphatic imine (C=N–C) groups is 1. The van der Waals surface area contributed by atoms with Gasteiger partial charge in [0, 0.05) is 44.6 Å². The minimum Gasteiger partial charge on any atom is -0.493 e. The number of aryl methyl sites for hydroxylation is 1. The third-order valence-corrected chi connectivity index (χ3v) is 5.17. The molecule has 5 heteroatoms. The van der Waals surface area contributed by atoms with Gasteiger partial charge < -0.3 is 19.7 Å². The highest BCUT2D eigenvalue weighted by Gasteiger charge is 2.42. The van der Waals surface area contributed by atoms with Gasteiger partial charge in [0.25, 0.3) is 0 Å². The lowest BCUT2D eigenvalue weighted by Crippen LogP contribution is -2.41. The van der Waals surface area contributed by atoms with Gasteiger partial charge in [0.05, 0.1) is 13.2 Å². The highest BCUT2D eigenvalue weighted by Crippen LogP contribution is 2.38. The van der Waals surface area contributed by atoms with E-state index in [0.29, 0.717) is 12.0 Å². The Hall–Kier alpha value is -1.75. The second-order valence-corrected chi connectivity index (χ2v) is 7.18. The topological polar surface area (TPSA) is 46.1 Å². The van der Waals surface area contributed by atoms with Gasteiger partial charge in [0.1, 0.15) is 5.75 Å². The minimum absolute atomic E-state index is 0.365. The van der Waals surface area contributed by atoms with E-state index in [1.54, 1.807) is 0 Å². The van der Waals surface area contributed by atoms with Crippen LogP contribution < -0.4 is 10.1 Å². The van der Waals surface area contributed by atoms with Crippen LogP contribution in [0, 0.1) is 12.3 Å². The van der Waals surface area contributed by atoms with Gasteiger partial charge in [-0.05, 0) is 38.3 Å². The molecule has 1 unspecified atom stereocenters. The number of ether oxygens (including phenoxy) is 2. The lowest BCUT2D eigenvalue weighted by molar-refractivity contribution is 0.156. The van der Waals surface area contributed by atoms with Crippen LogP contribution in [0.5, 0.6) is 5.75 Å². The number of hydrogen-bond donors (Lipinski definition) is 1. The van der Waals surface area contributed by atoms with E-state index < -0.39 is 0 Å². The van der Waals surface area contributed by atoms with Crippen LogP contribution in [0.25, 0.3) is 0 Å². The number of hydrogen-bond acceptors (Lipinski definition) is 3. The first-order valence-electron chi connectivity index (χ1n) is 9.52. The number of nitrogens with one attached hydrogen (secondary N) is 1. The highest BCUT2D eigenvalue weighted by atomic mass is 16.5. The van der Waals surface area contributed by atoms with Crippen LogP contribution >= 0.6 is 0 Å². The first kappa shape index (κ1) is 18.1.